The first kappa shape index (κ1) is 52.6. The number of hydrogen-bond acceptors (Lipinski definition) is 8. The second-order valence-corrected chi connectivity index (χ2v) is 28.7. The number of ether oxygens (including phenoxy) is 2. The van der Waals surface area contributed by atoms with Crippen molar-refractivity contribution in [2.75, 3.05) is 13.2 Å². The molecule has 15 unspecified atom stereocenters. The number of nitrogens with zero attached hydrogens (tertiary/aromatic N) is 1. The number of H-pyrrole nitrogens is 1. The number of fused-ring (bicyclic) bond motifs is 4. The number of Topliss-reactive ketones (excluding diaryl/α,β-unsaturated/α-hetero) is 2. The van der Waals surface area contributed by atoms with E-state index < -0.39 is 51.7 Å². The number of benzene rings is 1. The number of carbonyl (C=O) groups excluding carboxylic acids is 2. The summed E-state index contributed by atoms with van der Waals surface area (Å²) in [6.07, 6.45) is 19.0. The second kappa shape index (κ2) is 18.7. The Morgan fingerprint density at radius 3 is 2.24 bits per heavy atom. The van der Waals surface area contributed by atoms with E-state index in [1.165, 1.54) is 65.4 Å². The van der Waals surface area contributed by atoms with Crippen molar-refractivity contribution in [3.05, 3.63) is 69.6 Å². The van der Waals surface area contributed by atoms with Gasteiger partial charge in [-0.05, 0) is 189 Å². The van der Waals surface area contributed by atoms with Crippen LogP contribution in [0.4, 0.5) is 0 Å². The maximum absolute atomic E-state index is 15.6. The number of epoxide rings is 1. The molecule has 0 radical (unpaired) electrons. The van der Waals surface area contributed by atoms with Crippen LogP contribution in [0.25, 0.3) is 11.0 Å². The lowest BCUT2D eigenvalue weighted by Gasteiger charge is -2.70. The van der Waals surface area contributed by atoms with Gasteiger partial charge >= 0.3 is 0 Å². The summed E-state index contributed by atoms with van der Waals surface area (Å²) in [7, 11) is 0. The third-order valence-electron chi connectivity index (χ3n) is 24.0. The third kappa shape index (κ3) is 8.33. The normalized spacial score (nSPS) is 40.3. The van der Waals surface area contributed by atoms with Crippen LogP contribution in [0.15, 0.2) is 41.7 Å². The van der Waals surface area contributed by atoms with Crippen LogP contribution in [-0.4, -0.2) is 90.9 Å². The minimum Gasteiger partial charge on any atom is -0.392 e. The zero-order chi connectivity index (χ0) is 52.8. The topological polar surface area (TPSA) is 158 Å². The summed E-state index contributed by atoms with van der Waals surface area (Å²) < 4.78 is 14.4. The number of aliphatic hydroxyl groups excluding tert-OH is 4. The first-order valence-electron chi connectivity index (χ1n) is 30.2. The Morgan fingerprint density at radius 1 is 0.840 bits per heavy atom. The van der Waals surface area contributed by atoms with Crippen LogP contribution in [-0.2, 0) is 38.4 Å². The van der Waals surface area contributed by atoms with Crippen molar-refractivity contribution < 1.29 is 39.5 Å². The predicted octanol–water partition coefficient (Wildman–Crippen LogP) is 11.6. The lowest BCUT2D eigenvalue weighted by molar-refractivity contribution is -0.227. The molecule has 7 fully saturated rings. The Kier molecular flexibility index (Phi) is 13.1. The van der Waals surface area contributed by atoms with E-state index in [4.69, 9.17) is 9.47 Å². The highest BCUT2D eigenvalue weighted by Gasteiger charge is 2.74. The summed E-state index contributed by atoms with van der Waals surface area (Å²) in [6.45, 7) is 19.7. The first-order chi connectivity index (χ1) is 35.6. The summed E-state index contributed by atoms with van der Waals surface area (Å²) in [4.78, 5) is 34.2. The van der Waals surface area contributed by atoms with Gasteiger partial charge in [-0.1, -0.05) is 78.5 Å². The molecule has 6 aliphatic carbocycles. The molecule has 410 valence electrons. The standard InChI is InChI=1S/C65H92N2O8/c1-37(68)48(69)30-38-14-15-46(29-38)65(8)51-17-23-63(6)58(62(51,5)22-18-52(65)72)57(73)47-36-67-35-45(28-39-26-43(40-12-10-9-11-13-40)31-44(27-39)41-19-24-74-25-20-41)55-56(67)42(34-66-55)16-21-61(4,32-50(71)59-60(2,3)75-59)54-49(70)33-64(63,7)53(47)54/h26-27,31,34-35,37-38,40-41,46-48,50-51,57-59,66,68-69,71,73H,9-25,28-30,32-33,36H2,1-8H3. The van der Waals surface area contributed by atoms with Crippen LogP contribution in [0.2, 0.25) is 0 Å². The van der Waals surface area contributed by atoms with Crippen LogP contribution < -0.4 is 0 Å². The van der Waals surface area contributed by atoms with E-state index in [0.717, 1.165) is 94.1 Å². The van der Waals surface area contributed by atoms with Crippen LogP contribution >= 0.6 is 0 Å². The number of aromatic amines is 1. The molecule has 0 amide bonds. The van der Waals surface area contributed by atoms with E-state index >= 15 is 4.79 Å². The summed E-state index contributed by atoms with van der Waals surface area (Å²) in [5.41, 5.74) is 8.14. The maximum atomic E-state index is 15.6. The van der Waals surface area contributed by atoms with Gasteiger partial charge in [0.15, 0.2) is 5.78 Å². The van der Waals surface area contributed by atoms with Crippen molar-refractivity contribution >= 4 is 22.6 Å². The van der Waals surface area contributed by atoms with Gasteiger partial charge in [-0.25, -0.2) is 0 Å². The molecule has 2 aromatic heterocycles. The average molecular weight is 1030 g/mol. The molecule has 3 aliphatic heterocycles. The van der Waals surface area contributed by atoms with Gasteiger partial charge in [0.05, 0.1) is 41.1 Å². The van der Waals surface area contributed by atoms with E-state index in [2.05, 4.69) is 74.8 Å². The number of nitrogens with one attached hydrogen (secondary N) is 1. The van der Waals surface area contributed by atoms with Gasteiger partial charge in [-0.3, -0.25) is 9.59 Å². The molecule has 15 atom stereocenters. The number of allylic oxidation sites excluding steroid dienone is 1. The fraction of sp³-hybridized carbons (Fsp3) is 0.754. The SMILES string of the molecule is CC(O)C(O)CC1CCC(C2(C)C(=O)CCC3(C)C2CCC2(C)C3C(O)C3Cn4cc(Cc5cc(C6CCCCC6)cc(C6CCOCC6)c5)c5[nH]cc(c54)CCC(C)(CC(O)C4OC4(C)C)C4=C3C2(C)CC4=O)C1. The van der Waals surface area contributed by atoms with Gasteiger partial charge in [0.25, 0.3) is 0 Å². The van der Waals surface area contributed by atoms with E-state index in [1.807, 2.05) is 13.8 Å². The van der Waals surface area contributed by atoms with Gasteiger partial charge in [-0.2, -0.15) is 0 Å². The Hall–Kier alpha value is -3.12. The molecular formula is C65H92N2O8. The predicted molar refractivity (Wildman–Crippen MR) is 292 cm³/mol. The number of aryl methyl sites for hydroxylation is 1. The van der Waals surface area contributed by atoms with Crippen molar-refractivity contribution in [3.8, 4) is 0 Å². The monoisotopic (exact) mass is 1030 g/mol. The highest BCUT2D eigenvalue weighted by Crippen LogP contribution is 2.76. The quantitative estimate of drug-likeness (QED) is 0.119. The molecule has 9 aliphatic rings. The molecule has 0 bridgehead atoms. The van der Waals surface area contributed by atoms with Gasteiger partial charge in [0.2, 0.25) is 0 Å². The maximum Gasteiger partial charge on any atom is 0.160 e. The van der Waals surface area contributed by atoms with E-state index in [9.17, 15) is 25.2 Å². The molecule has 3 aromatic rings. The van der Waals surface area contributed by atoms with Crippen LogP contribution in [0.5, 0.6) is 0 Å². The minimum atomic E-state index is -0.785. The van der Waals surface area contributed by atoms with Crippen LogP contribution in [0.1, 0.15) is 211 Å². The first-order valence-corrected chi connectivity index (χ1v) is 30.2. The molecule has 10 heteroatoms. The van der Waals surface area contributed by atoms with Crippen molar-refractivity contribution in [2.45, 2.75) is 238 Å². The fourth-order valence-electron chi connectivity index (χ4n) is 19.8. The van der Waals surface area contributed by atoms with Crippen LogP contribution in [0.3, 0.4) is 0 Å². The minimum absolute atomic E-state index is 0.0634. The summed E-state index contributed by atoms with van der Waals surface area (Å²) in [5, 5.41) is 47.2. The molecule has 12 rings (SSSR count). The van der Waals surface area contributed by atoms with E-state index in [0.29, 0.717) is 56.3 Å². The van der Waals surface area contributed by atoms with Gasteiger partial charge in [-0.15, -0.1) is 0 Å². The molecule has 5 heterocycles. The summed E-state index contributed by atoms with van der Waals surface area (Å²) in [5.74, 6) is 1.60. The molecule has 5 N–H and O–H groups in total. The second-order valence-electron chi connectivity index (χ2n) is 28.7. The van der Waals surface area contributed by atoms with Crippen molar-refractivity contribution in [3.63, 3.8) is 0 Å². The number of ketones is 2. The smallest absolute Gasteiger partial charge is 0.160 e. The summed E-state index contributed by atoms with van der Waals surface area (Å²) >= 11 is 0. The number of aromatic nitrogens is 2. The summed E-state index contributed by atoms with van der Waals surface area (Å²) in [6, 6.07) is 7.56. The third-order valence-corrected chi connectivity index (χ3v) is 24.0. The van der Waals surface area contributed by atoms with Gasteiger partial charge in [0, 0.05) is 73.7 Å². The lowest BCUT2D eigenvalue weighted by Crippen LogP contribution is -2.68. The Morgan fingerprint density at radius 2 is 1.55 bits per heavy atom. The fourth-order valence-corrected chi connectivity index (χ4v) is 19.8. The zero-order valence-corrected chi connectivity index (χ0v) is 46.9. The highest BCUT2D eigenvalue weighted by molar-refractivity contribution is 6.02. The lowest BCUT2D eigenvalue weighted by atomic mass is 9.33. The molecular weight excluding hydrogens is 937 g/mol. The van der Waals surface area contributed by atoms with E-state index in [-0.39, 0.29) is 46.9 Å². The highest BCUT2D eigenvalue weighted by atomic mass is 16.6. The number of aliphatic hydroxyl groups is 4. The largest absolute Gasteiger partial charge is 0.392 e. The molecule has 5 saturated carbocycles. The number of hydrogen-bond donors (Lipinski definition) is 5. The Bertz CT molecular complexity index is 2700. The Balaban J connectivity index is 0.968. The average Bonchev–Trinajstić information content (AvgIpc) is 3.86. The molecule has 1 aromatic carbocycles. The van der Waals surface area contributed by atoms with E-state index in [1.54, 1.807) is 6.92 Å². The molecule has 10 nitrogen and oxygen atoms in total. The van der Waals surface area contributed by atoms with Crippen molar-refractivity contribution in [2.24, 2.45) is 56.7 Å². The number of carbonyl (C=O) groups is 2. The molecule has 75 heavy (non-hydrogen) atoms. The van der Waals surface area contributed by atoms with Gasteiger partial charge < -0.3 is 39.5 Å². The van der Waals surface area contributed by atoms with Crippen molar-refractivity contribution in [1.29, 1.82) is 0 Å². The Labute approximate surface area is 447 Å². The zero-order valence-electron chi connectivity index (χ0n) is 46.9. The molecule has 0 spiro atoms. The van der Waals surface area contributed by atoms with Crippen molar-refractivity contribution in [1.82, 2.24) is 9.55 Å². The molecule has 2 saturated heterocycles. The van der Waals surface area contributed by atoms with Gasteiger partial charge in [0.1, 0.15) is 11.9 Å². The van der Waals surface area contributed by atoms with Crippen LogP contribution in [0, 0.1) is 56.7 Å². The number of rotatable bonds is 11.